The summed E-state index contributed by atoms with van der Waals surface area (Å²) in [6.07, 6.45) is 3.66. The summed E-state index contributed by atoms with van der Waals surface area (Å²) in [5.74, 6) is 0.474. The van der Waals surface area contributed by atoms with Crippen molar-refractivity contribution in [2.24, 2.45) is 11.8 Å². The van der Waals surface area contributed by atoms with E-state index in [1.54, 1.807) is 13.3 Å². The molecule has 41 heavy (non-hydrogen) atoms. The van der Waals surface area contributed by atoms with E-state index in [2.05, 4.69) is 30.5 Å². The fourth-order valence-electron chi connectivity index (χ4n) is 5.47. The van der Waals surface area contributed by atoms with E-state index in [4.69, 9.17) is 76.0 Å². The van der Waals surface area contributed by atoms with E-state index in [0.29, 0.717) is 5.88 Å². The molecule has 1 aliphatic carbocycles. The minimum Gasteiger partial charge on any atom is -0.480 e. The maximum atomic E-state index is 13.8. The van der Waals surface area contributed by atoms with Crippen LogP contribution in [0.25, 0.3) is 0 Å². The van der Waals surface area contributed by atoms with E-state index < -0.39 is 21.5 Å². The van der Waals surface area contributed by atoms with Gasteiger partial charge in [-0.3, -0.25) is 0 Å². The Labute approximate surface area is 252 Å². The van der Waals surface area contributed by atoms with Crippen molar-refractivity contribution in [3.8, 4) is 17.6 Å². The summed E-state index contributed by atoms with van der Waals surface area (Å²) in [6.45, 7) is 1.49. The van der Waals surface area contributed by atoms with Crippen molar-refractivity contribution in [1.29, 1.82) is 0 Å². The second-order valence-corrected chi connectivity index (χ2v) is 11.0. The van der Waals surface area contributed by atoms with Crippen molar-refractivity contribution >= 4 is 78.2 Å². The smallest absolute Gasteiger partial charge is 0.321 e. The third kappa shape index (κ3) is 5.58. The van der Waals surface area contributed by atoms with Gasteiger partial charge in [0, 0.05) is 31.3 Å². The number of fused-ring (bicyclic) bond motifs is 2. The molecule has 1 N–H and O–H groups in total. The number of ether oxygens (including phenoxy) is 2. The van der Waals surface area contributed by atoms with Crippen LogP contribution in [0.4, 0.5) is 16.0 Å². The summed E-state index contributed by atoms with van der Waals surface area (Å²) in [5, 5.41) is 11.0. The van der Waals surface area contributed by atoms with Crippen LogP contribution in [0.3, 0.4) is 0 Å². The van der Waals surface area contributed by atoms with Crippen LogP contribution < -0.4 is 19.7 Å². The van der Waals surface area contributed by atoms with Gasteiger partial charge in [0.15, 0.2) is 0 Å². The predicted octanol–water partition coefficient (Wildman–Crippen LogP) is 0.968. The van der Waals surface area contributed by atoms with Gasteiger partial charge in [-0.05, 0) is 42.2 Å². The Kier molecular flexibility index (Phi) is 7.89. The first-order chi connectivity index (χ1) is 19.2. The molecule has 3 heterocycles. The lowest BCUT2D eigenvalue weighted by Gasteiger charge is -2.54. The highest BCUT2D eigenvalue weighted by atomic mass is 35.5. The number of nitrogens with zero attached hydrogens (tertiary/aromatic N) is 6. The third-order valence-corrected chi connectivity index (χ3v) is 7.94. The average molecular weight is 557 g/mol. The van der Waals surface area contributed by atoms with Crippen LogP contribution in [0.5, 0.6) is 17.6 Å². The van der Waals surface area contributed by atoms with Crippen LogP contribution >= 0.6 is 11.6 Å². The third-order valence-electron chi connectivity index (χ3n) is 7.65. The second-order valence-electron chi connectivity index (χ2n) is 10.6. The molecule has 0 amide bonds. The molecule has 1 aliphatic heterocycles. The summed E-state index contributed by atoms with van der Waals surface area (Å²) >= 11 is 5.93. The molecular formula is C23H20B7ClFN7O2. The molecule has 18 heteroatoms. The lowest BCUT2D eigenvalue weighted by atomic mass is 9.18. The number of aromatic nitrogens is 5. The summed E-state index contributed by atoms with van der Waals surface area (Å²) in [5.41, 5.74) is -1.41. The topological polar surface area (TPSA) is 90.2 Å². The standard InChI is InChI=1S/C23H20B7ClFN7O2/c1-40-17-6-13(8-33-36-17)38-9-11-2-3-12(10-38)18(11)34-19-35-20(41-14-4-5-16(32)15(31)7-14)39(37-19)21(24,22(25,26)27)23(28,29)30/h4-8,11-12,18H,2-3,9-10H2,1H3,(H,34,37)/t11-,12+,18?. The zero-order valence-electron chi connectivity index (χ0n) is 22.2. The van der Waals surface area contributed by atoms with Gasteiger partial charge in [-0.2, -0.15) is 10.1 Å². The van der Waals surface area contributed by atoms with Crippen LogP contribution in [0.15, 0.2) is 30.5 Å². The molecule has 2 fully saturated rings. The molecule has 9 nitrogen and oxygen atoms in total. The zero-order chi connectivity index (χ0) is 29.7. The summed E-state index contributed by atoms with van der Waals surface area (Å²) in [4.78, 5) is 6.71. The van der Waals surface area contributed by atoms with Crippen molar-refractivity contribution in [1.82, 2.24) is 25.0 Å². The number of piperidine rings is 1. The number of hydrogen-bond donors (Lipinski definition) is 1. The van der Waals surface area contributed by atoms with Gasteiger partial charge >= 0.3 is 6.01 Å². The van der Waals surface area contributed by atoms with Crippen LogP contribution in [-0.2, 0) is 5.44 Å². The SMILES string of the molecule is [B]C([B])([B])C([B])(n1nc(NC2[C@@H]3CC[C@H]2CN(c2cnnc(OC)c2)C3)nc1Oc1ccc(F)c(Cl)c1)C([B])([B])[B]. The highest BCUT2D eigenvalue weighted by molar-refractivity contribution is 6.68. The number of hydrogen-bond acceptors (Lipinski definition) is 8. The van der Waals surface area contributed by atoms with E-state index in [0.717, 1.165) is 42.4 Å². The Hall–Kier alpha value is -2.69. The molecule has 1 unspecified atom stereocenters. The highest BCUT2D eigenvalue weighted by Gasteiger charge is 2.48. The molecule has 3 atom stereocenters. The molecule has 5 rings (SSSR count). The van der Waals surface area contributed by atoms with Crippen molar-refractivity contribution in [3.63, 3.8) is 0 Å². The zero-order valence-corrected chi connectivity index (χ0v) is 23.0. The maximum absolute atomic E-state index is 13.8. The predicted molar refractivity (Wildman–Crippen MR) is 160 cm³/mol. The largest absolute Gasteiger partial charge is 0.480 e. The average Bonchev–Trinajstić information content (AvgIpc) is 3.39. The van der Waals surface area contributed by atoms with Gasteiger partial charge in [0.1, 0.15) is 19.4 Å². The lowest BCUT2D eigenvalue weighted by molar-refractivity contribution is 0.317. The summed E-state index contributed by atoms with van der Waals surface area (Å²) in [6, 6.07) is 5.26. The molecule has 14 radical (unpaired) electrons. The van der Waals surface area contributed by atoms with E-state index in [9.17, 15) is 4.39 Å². The van der Waals surface area contributed by atoms with Gasteiger partial charge in [0.05, 0.1) is 71.1 Å². The Morgan fingerprint density at radius 3 is 2.27 bits per heavy atom. The molecular weight excluding hydrogens is 536 g/mol. The van der Waals surface area contributed by atoms with Gasteiger partial charge in [0.25, 0.3) is 0 Å². The van der Waals surface area contributed by atoms with E-state index in [-0.39, 0.29) is 40.6 Å². The Bertz CT molecular complexity index is 1400. The number of anilines is 2. The fraction of sp³-hybridized carbons (Fsp3) is 0.478. The molecule has 3 aromatic rings. The van der Waals surface area contributed by atoms with Gasteiger partial charge in [-0.1, -0.05) is 11.6 Å². The maximum Gasteiger partial charge on any atom is 0.321 e. The first-order valence-corrected chi connectivity index (χ1v) is 13.1. The van der Waals surface area contributed by atoms with Crippen LogP contribution in [0.2, 0.25) is 15.2 Å². The molecule has 0 spiro atoms. The number of nitrogens with one attached hydrogen (secondary N) is 1. The minimum absolute atomic E-state index is 0.00384. The number of halogens is 2. The van der Waals surface area contributed by atoms with E-state index in [1.807, 2.05) is 6.07 Å². The normalized spacial score (nSPS) is 21.0. The molecule has 1 saturated carbocycles. The summed E-state index contributed by atoms with van der Waals surface area (Å²) in [7, 11) is 44.1. The van der Waals surface area contributed by atoms with Gasteiger partial charge in [-0.15, -0.1) is 20.4 Å². The minimum atomic E-state index is -2.33. The fourth-order valence-corrected chi connectivity index (χ4v) is 5.64. The Balaban J connectivity index is 1.46. The molecule has 2 aliphatic rings. The van der Waals surface area contributed by atoms with E-state index >= 15 is 0 Å². The van der Waals surface area contributed by atoms with Gasteiger partial charge in [0.2, 0.25) is 11.8 Å². The second kappa shape index (κ2) is 10.9. The van der Waals surface area contributed by atoms with Gasteiger partial charge < -0.3 is 19.7 Å². The molecule has 194 valence electrons. The van der Waals surface area contributed by atoms with Crippen molar-refractivity contribution in [2.45, 2.75) is 34.5 Å². The molecule has 2 aromatic heterocycles. The van der Waals surface area contributed by atoms with Crippen LogP contribution in [-0.4, -0.2) is 106 Å². The van der Waals surface area contributed by atoms with E-state index in [1.165, 1.54) is 12.1 Å². The van der Waals surface area contributed by atoms with Crippen molar-refractivity contribution in [2.75, 3.05) is 30.4 Å². The monoisotopic (exact) mass is 557 g/mol. The highest BCUT2D eigenvalue weighted by Crippen LogP contribution is 2.48. The van der Waals surface area contributed by atoms with Gasteiger partial charge in [-0.25, -0.2) is 9.07 Å². The summed E-state index contributed by atoms with van der Waals surface area (Å²) < 4.78 is 25.8. The number of benzene rings is 1. The van der Waals surface area contributed by atoms with Crippen LogP contribution in [0.1, 0.15) is 12.8 Å². The first kappa shape index (κ1) is 29.8. The molecule has 2 bridgehead atoms. The Morgan fingerprint density at radius 2 is 1.68 bits per heavy atom. The van der Waals surface area contributed by atoms with Crippen molar-refractivity contribution in [3.05, 3.63) is 41.3 Å². The molecule has 1 aromatic carbocycles. The number of methoxy groups -OCH3 is 1. The molecule has 1 saturated heterocycles. The Morgan fingerprint density at radius 1 is 1.02 bits per heavy atom. The van der Waals surface area contributed by atoms with Crippen LogP contribution in [0, 0.1) is 17.7 Å². The van der Waals surface area contributed by atoms with Crippen molar-refractivity contribution < 1.29 is 13.9 Å². The quantitative estimate of drug-likeness (QED) is 0.390. The lowest BCUT2D eigenvalue weighted by Crippen LogP contribution is -2.57. The number of rotatable bonds is 9. The first-order valence-electron chi connectivity index (χ1n) is 12.7.